The molecule has 0 bridgehead atoms. The van der Waals surface area contributed by atoms with E-state index in [0.717, 1.165) is 47.2 Å². The molecule has 2 atom stereocenters. The Labute approximate surface area is 496 Å². The number of aromatic carboxylic acids is 1. The maximum Gasteiger partial charge on any atom is 0.341 e. The van der Waals surface area contributed by atoms with Crippen LogP contribution in [-0.2, 0) is 44.1 Å². The van der Waals surface area contributed by atoms with Crippen LogP contribution in [0, 0.1) is 28.2 Å². The number of rotatable bonds is 23. The van der Waals surface area contributed by atoms with Gasteiger partial charge in [-0.3, -0.25) is 0 Å². The van der Waals surface area contributed by atoms with Gasteiger partial charge in [-0.1, -0.05) is 67.9 Å². The summed E-state index contributed by atoms with van der Waals surface area (Å²) in [5.41, 5.74) is 4.17. The van der Waals surface area contributed by atoms with Crippen molar-refractivity contribution in [1.29, 1.82) is 0 Å². The molecule has 6 aromatic heterocycles. The van der Waals surface area contributed by atoms with Crippen LogP contribution in [0.1, 0.15) is 199 Å². The van der Waals surface area contributed by atoms with Crippen LogP contribution in [0.5, 0.6) is 0 Å². The van der Waals surface area contributed by atoms with E-state index < -0.39 is 30.3 Å². The summed E-state index contributed by atoms with van der Waals surface area (Å²) in [4.78, 5) is 62.9. The Balaban J connectivity index is -0.000000930. The van der Waals surface area contributed by atoms with E-state index in [0.29, 0.717) is 53.6 Å². The molecule has 0 amide bonds. The van der Waals surface area contributed by atoms with Gasteiger partial charge in [0, 0.05) is 63.4 Å². The number of halogens is 1. The molecular formula is C56H90ClN6O9PdS3Sn-. The van der Waals surface area contributed by atoms with Crippen LogP contribution in [0.2, 0.25) is 18.3 Å². The molecule has 0 fully saturated rings. The third-order valence-electron chi connectivity index (χ3n) is 11.4. The fourth-order valence-corrected chi connectivity index (χ4v) is 25.3. The Hall–Kier alpha value is -3.26. The smallest absolute Gasteiger partial charge is 0.341 e. The van der Waals surface area contributed by atoms with Gasteiger partial charge in [0.15, 0.2) is 0 Å². The molecule has 0 saturated carbocycles. The molecule has 6 rings (SSSR count). The van der Waals surface area contributed by atoms with Crippen LogP contribution in [0.3, 0.4) is 0 Å². The van der Waals surface area contributed by atoms with E-state index in [4.69, 9.17) is 35.3 Å². The van der Waals surface area contributed by atoms with Crippen molar-refractivity contribution in [2.24, 2.45) is 0 Å². The Morgan fingerprint density at radius 3 is 1.29 bits per heavy atom. The summed E-state index contributed by atoms with van der Waals surface area (Å²) < 4.78 is 32.7. The average molecular weight is 1350 g/mol. The number of aromatic nitrogens is 6. The summed E-state index contributed by atoms with van der Waals surface area (Å²) >= 11 is 8.24. The first-order valence-corrected chi connectivity index (χ1v) is 35.3. The second kappa shape index (κ2) is 40.0. The van der Waals surface area contributed by atoms with Crippen molar-refractivity contribution < 1.29 is 63.6 Å². The van der Waals surface area contributed by atoms with Gasteiger partial charge in [-0.25, -0.2) is 44.3 Å². The van der Waals surface area contributed by atoms with Crippen molar-refractivity contribution in [1.82, 2.24) is 29.9 Å². The van der Waals surface area contributed by atoms with Gasteiger partial charge < -0.3 is 31.5 Å². The van der Waals surface area contributed by atoms with Crippen LogP contribution < -0.4 is 0 Å². The Morgan fingerprint density at radius 2 is 0.922 bits per heavy atom. The summed E-state index contributed by atoms with van der Waals surface area (Å²) in [6, 6.07) is 0. The maximum absolute atomic E-state index is 12.1. The SMILES string of the molecule is C.C.C.C=[C](OCC)[Sn]([CH2]CCC)([CH2]CCC)[CH2]CCC.CCOC(=O)c1cnc2sc(C)nc2c1C(C)OCC.CCOC(=O)c1cnc2sc(C)nc2c1Cl.CCOC(C)c1c(C(=O)O)cnc2sc(C)nc12.[CH3-].[Pd]. The zero-order chi connectivity index (χ0) is 53.5. The van der Waals surface area contributed by atoms with Crippen molar-refractivity contribution in [2.45, 2.75) is 176 Å². The van der Waals surface area contributed by atoms with Crippen LogP contribution in [-0.4, -0.2) is 104 Å². The number of hydrogen-bond donors (Lipinski definition) is 1. The van der Waals surface area contributed by atoms with Crippen LogP contribution in [0.4, 0.5) is 0 Å². The molecule has 15 nitrogen and oxygen atoms in total. The van der Waals surface area contributed by atoms with Gasteiger partial charge in [0.1, 0.15) is 31.0 Å². The van der Waals surface area contributed by atoms with Gasteiger partial charge in [0.25, 0.3) is 0 Å². The number of carboxylic acid groups (broad SMARTS) is 1. The van der Waals surface area contributed by atoms with Gasteiger partial charge in [-0.05, 0) is 62.3 Å². The fraction of sp³-hybridized carbons (Fsp3) is 0.571. The molecule has 0 saturated heterocycles. The maximum atomic E-state index is 12.1. The van der Waals surface area contributed by atoms with Gasteiger partial charge >= 0.3 is 138 Å². The van der Waals surface area contributed by atoms with Crippen molar-refractivity contribution in [2.75, 3.05) is 33.0 Å². The van der Waals surface area contributed by atoms with Crippen molar-refractivity contribution in [3.05, 3.63) is 84.2 Å². The molecule has 0 spiro atoms. The average Bonchev–Trinajstić information content (AvgIpc) is 4.06. The fourth-order valence-electron chi connectivity index (χ4n) is 8.00. The predicted molar refractivity (Wildman–Crippen MR) is 323 cm³/mol. The topological polar surface area (TPSA) is 195 Å². The van der Waals surface area contributed by atoms with Crippen molar-refractivity contribution in [3.8, 4) is 0 Å². The van der Waals surface area contributed by atoms with Gasteiger partial charge in [-0.15, -0.1) is 0 Å². The number of thiazole rings is 3. The number of carbonyl (C=O) groups excluding carboxylic acids is 2. The molecule has 6 aromatic rings. The second-order valence-corrected chi connectivity index (χ2v) is 33.8. The number of aryl methyl sites for hydroxylation is 3. The first-order chi connectivity index (χ1) is 34.4. The van der Waals surface area contributed by atoms with E-state index in [2.05, 4.69) is 64.2 Å². The number of fused-ring (bicyclic) bond motifs is 3. The monoisotopic (exact) mass is 1350 g/mol. The number of ether oxygens (including phenoxy) is 5. The molecule has 0 radical (unpaired) electrons. The number of hydrogen-bond acceptors (Lipinski definition) is 17. The molecule has 0 aromatic carbocycles. The van der Waals surface area contributed by atoms with E-state index in [-0.39, 0.29) is 79.4 Å². The molecule has 6 heterocycles. The summed E-state index contributed by atoms with van der Waals surface area (Å²) in [5, 5.41) is 12.2. The number of unbranched alkanes of at least 4 members (excludes halogenated alkanes) is 3. The Kier molecular flexibility index (Phi) is 40.5. The van der Waals surface area contributed by atoms with Crippen molar-refractivity contribution in [3.63, 3.8) is 0 Å². The molecule has 0 aliphatic heterocycles. The van der Waals surface area contributed by atoms with E-state index in [9.17, 15) is 19.5 Å². The number of carboxylic acids is 1. The molecule has 21 heteroatoms. The van der Waals surface area contributed by atoms with Gasteiger partial charge in [-0.2, -0.15) is 0 Å². The molecule has 1 N–H and O–H groups in total. The largest absolute Gasteiger partial charge is 0.478 e. The molecule has 0 aliphatic carbocycles. The van der Waals surface area contributed by atoms with Crippen molar-refractivity contribution >= 4 is 113 Å². The third kappa shape index (κ3) is 22.3. The third-order valence-corrected chi connectivity index (χ3v) is 29.5. The van der Waals surface area contributed by atoms with E-state index in [1.54, 1.807) is 20.0 Å². The standard InChI is InChI=1S/C14H18N2O3S.C12H14N2O3S.C10H9ClN2O2S.C4H7O.3C4H9.3CH4.CH3.Pd.Sn/c1-5-18-8(3)11-10(14(17)19-6-2)7-15-13-12(11)16-9(4)20-13;1-4-17-6(2)9-8(12(15)16)5-13-11-10(9)14-7(3)18-11;1-3-15-10(14)6-4-12-9-8(7(6)11)13-5(2)16-9;1-3-5-4-2;3*1-3-4-2;;;;;;/h7-8H,5-6H2,1-4H3;5-6H,4H2,1-3H3,(H,15,16);4H,3H2,1-2H3;1,4H2,2H3;3*1,3-4H2,2H3;3*1H4;1H3;;/q;;;;;;;;;;-1;;. The van der Waals surface area contributed by atoms with Crippen LogP contribution in [0.25, 0.3) is 31.0 Å². The normalized spacial score (nSPS) is 11.2. The summed E-state index contributed by atoms with van der Waals surface area (Å²) in [7, 11) is 0. The number of pyridine rings is 3. The predicted octanol–water partition coefficient (Wildman–Crippen LogP) is 17.2. The summed E-state index contributed by atoms with van der Waals surface area (Å²) in [5.74, 6) is -1.85. The Bertz CT molecular complexity index is 2680. The summed E-state index contributed by atoms with van der Waals surface area (Å²) in [6.07, 6.45) is 11.9. The van der Waals surface area contributed by atoms with Crippen LogP contribution >= 0.6 is 45.6 Å². The van der Waals surface area contributed by atoms with Gasteiger partial charge in [0.2, 0.25) is 0 Å². The number of esters is 2. The van der Waals surface area contributed by atoms with E-state index >= 15 is 0 Å². The Morgan fingerprint density at radius 1 is 0.584 bits per heavy atom. The van der Waals surface area contributed by atoms with E-state index in [1.807, 2.05) is 48.5 Å². The van der Waals surface area contributed by atoms with Crippen LogP contribution in [0.15, 0.2) is 28.9 Å². The number of nitrogens with zero attached hydrogens (tertiary/aromatic N) is 6. The first-order valence-electron chi connectivity index (χ1n) is 25.0. The molecule has 438 valence electrons. The molecule has 0 aliphatic rings. The molecule has 2 unspecified atom stereocenters. The summed E-state index contributed by atoms with van der Waals surface area (Å²) in [6.45, 7) is 32.6. The molecule has 77 heavy (non-hydrogen) atoms. The minimum atomic E-state index is -2.24. The zero-order valence-electron chi connectivity index (χ0n) is 45.8. The quantitative estimate of drug-likeness (QED) is 0.0275. The van der Waals surface area contributed by atoms with Gasteiger partial charge in [0.05, 0.1) is 62.2 Å². The minimum Gasteiger partial charge on any atom is -0.478 e. The second-order valence-electron chi connectivity index (χ2n) is 16.7. The zero-order valence-corrected chi connectivity index (χ0v) is 53.4. The minimum absolute atomic E-state index is 0. The van der Waals surface area contributed by atoms with E-state index in [1.165, 1.54) is 102 Å². The first kappa shape index (κ1) is 78.0. The number of carbonyl (C=O) groups is 3. The molecular weight excluding hydrogens is 1260 g/mol.